The van der Waals surface area contributed by atoms with Gasteiger partial charge in [0.25, 0.3) is 0 Å². The standard InChI is InChI=1S/C17H23NO3/c19-15-4-2-11(9-16(15)20)5-6-18-17(21)10-14-8-12-1-3-13(14)7-12/h2,4,9,12-14,19-20H,1,3,5-8,10H2,(H,18,21). The number of rotatable bonds is 5. The molecule has 4 nitrogen and oxygen atoms in total. The van der Waals surface area contributed by atoms with Gasteiger partial charge < -0.3 is 15.5 Å². The van der Waals surface area contributed by atoms with Crippen molar-refractivity contribution in [3.05, 3.63) is 23.8 Å². The first-order valence-corrected chi connectivity index (χ1v) is 7.89. The number of nitrogens with one attached hydrogen (secondary N) is 1. The zero-order chi connectivity index (χ0) is 14.8. The van der Waals surface area contributed by atoms with Crippen LogP contribution in [0.5, 0.6) is 11.5 Å². The van der Waals surface area contributed by atoms with Crippen LogP contribution < -0.4 is 5.32 Å². The molecule has 2 saturated carbocycles. The van der Waals surface area contributed by atoms with Crippen molar-refractivity contribution in [2.75, 3.05) is 6.54 Å². The third kappa shape index (κ3) is 3.31. The molecule has 1 aromatic carbocycles. The van der Waals surface area contributed by atoms with Gasteiger partial charge in [-0.05, 0) is 61.1 Å². The van der Waals surface area contributed by atoms with Crippen LogP contribution in [0, 0.1) is 17.8 Å². The van der Waals surface area contributed by atoms with Gasteiger partial charge in [0.05, 0.1) is 0 Å². The predicted octanol–water partition coefficient (Wildman–Crippen LogP) is 2.58. The molecule has 0 aromatic heterocycles. The summed E-state index contributed by atoms with van der Waals surface area (Å²) >= 11 is 0. The molecule has 2 bridgehead atoms. The quantitative estimate of drug-likeness (QED) is 0.730. The average molecular weight is 289 g/mol. The highest BCUT2D eigenvalue weighted by molar-refractivity contribution is 5.76. The predicted molar refractivity (Wildman–Crippen MR) is 80.0 cm³/mol. The molecule has 1 amide bonds. The Bertz CT molecular complexity index is 529. The maximum Gasteiger partial charge on any atom is 0.220 e. The number of fused-ring (bicyclic) bond motifs is 2. The monoisotopic (exact) mass is 289 g/mol. The fraction of sp³-hybridized carbons (Fsp3) is 0.588. The maximum atomic E-state index is 12.0. The summed E-state index contributed by atoms with van der Waals surface area (Å²) in [5, 5.41) is 21.6. The van der Waals surface area contributed by atoms with E-state index in [1.807, 2.05) is 0 Å². The lowest BCUT2D eigenvalue weighted by Crippen LogP contribution is -2.28. The first-order chi connectivity index (χ1) is 10.1. The molecule has 1 aromatic rings. The summed E-state index contributed by atoms with van der Waals surface area (Å²) in [5.74, 6) is 2.19. The van der Waals surface area contributed by atoms with E-state index in [9.17, 15) is 15.0 Å². The van der Waals surface area contributed by atoms with Crippen LogP contribution in [0.2, 0.25) is 0 Å². The van der Waals surface area contributed by atoms with Crippen molar-refractivity contribution in [1.29, 1.82) is 0 Å². The molecule has 2 aliphatic carbocycles. The number of aromatic hydroxyl groups is 2. The van der Waals surface area contributed by atoms with E-state index in [-0.39, 0.29) is 17.4 Å². The zero-order valence-corrected chi connectivity index (χ0v) is 12.2. The van der Waals surface area contributed by atoms with Gasteiger partial charge in [-0.3, -0.25) is 4.79 Å². The molecule has 3 unspecified atom stereocenters. The number of benzene rings is 1. The number of hydrogen-bond donors (Lipinski definition) is 3. The summed E-state index contributed by atoms with van der Waals surface area (Å²) in [6, 6.07) is 4.77. The number of phenols is 2. The van der Waals surface area contributed by atoms with Gasteiger partial charge in [-0.2, -0.15) is 0 Å². The van der Waals surface area contributed by atoms with E-state index in [2.05, 4.69) is 5.32 Å². The summed E-state index contributed by atoms with van der Waals surface area (Å²) in [7, 11) is 0. The molecule has 0 radical (unpaired) electrons. The summed E-state index contributed by atoms with van der Waals surface area (Å²) in [5.41, 5.74) is 0.908. The third-order valence-electron chi connectivity index (χ3n) is 5.11. The second kappa shape index (κ2) is 5.96. The van der Waals surface area contributed by atoms with Crippen molar-refractivity contribution in [3.8, 4) is 11.5 Å². The van der Waals surface area contributed by atoms with E-state index in [1.54, 1.807) is 6.07 Å². The van der Waals surface area contributed by atoms with Crippen LogP contribution in [0.15, 0.2) is 18.2 Å². The smallest absolute Gasteiger partial charge is 0.220 e. The molecule has 0 spiro atoms. The van der Waals surface area contributed by atoms with Gasteiger partial charge in [0, 0.05) is 13.0 Å². The van der Waals surface area contributed by atoms with E-state index in [4.69, 9.17) is 0 Å². The Morgan fingerprint density at radius 1 is 1.19 bits per heavy atom. The highest BCUT2D eigenvalue weighted by Crippen LogP contribution is 2.49. The molecule has 2 aliphatic rings. The van der Waals surface area contributed by atoms with Crippen LogP contribution in [0.25, 0.3) is 0 Å². The summed E-state index contributed by atoms with van der Waals surface area (Å²) in [4.78, 5) is 12.0. The minimum Gasteiger partial charge on any atom is -0.504 e. The van der Waals surface area contributed by atoms with Crippen molar-refractivity contribution in [1.82, 2.24) is 5.32 Å². The van der Waals surface area contributed by atoms with Crippen LogP contribution in [-0.2, 0) is 11.2 Å². The van der Waals surface area contributed by atoms with Crippen LogP contribution in [0.3, 0.4) is 0 Å². The first kappa shape index (κ1) is 14.2. The van der Waals surface area contributed by atoms with Crippen LogP contribution >= 0.6 is 0 Å². The van der Waals surface area contributed by atoms with Crippen molar-refractivity contribution >= 4 is 5.91 Å². The van der Waals surface area contributed by atoms with Gasteiger partial charge in [0.15, 0.2) is 11.5 Å². The minimum atomic E-state index is -0.112. The number of hydrogen-bond acceptors (Lipinski definition) is 3. The van der Waals surface area contributed by atoms with E-state index in [0.29, 0.717) is 25.3 Å². The second-order valence-electron chi connectivity index (χ2n) is 6.56. The lowest BCUT2D eigenvalue weighted by Gasteiger charge is -2.20. The lowest BCUT2D eigenvalue weighted by atomic mass is 9.86. The Balaban J connectivity index is 1.40. The SMILES string of the molecule is O=C(CC1CC2CCC1C2)NCCc1ccc(O)c(O)c1. The van der Waals surface area contributed by atoms with E-state index in [1.165, 1.54) is 37.8 Å². The third-order valence-corrected chi connectivity index (χ3v) is 5.11. The van der Waals surface area contributed by atoms with E-state index >= 15 is 0 Å². The van der Waals surface area contributed by atoms with Gasteiger partial charge in [-0.15, -0.1) is 0 Å². The highest BCUT2D eigenvalue weighted by atomic mass is 16.3. The normalized spacial score (nSPS) is 27.0. The maximum absolute atomic E-state index is 12.0. The Labute approximate surface area is 125 Å². The van der Waals surface area contributed by atoms with Crippen molar-refractivity contribution in [3.63, 3.8) is 0 Å². The Morgan fingerprint density at radius 2 is 2.05 bits per heavy atom. The molecule has 2 fully saturated rings. The summed E-state index contributed by atoms with van der Waals surface area (Å²) in [6.07, 6.45) is 6.59. The molecular weight excluding hydrogens is 266 g/mol. The van der Waals surface area contributed by atoms with Gasteiger partial charge in [-0.25, -0.2) is 0 Å². The topological polar surface area (TPSA) is 69.6 Å². The van der Waals surface area contributed by atoms with Crippen LogP contribution in [0.4, 0.5) is 0 Å². The molecule has 0 aliphatic heterocycles. The van der Waals surface area contributed by atoms with Gasteiger partial charge >= 0.3 is 0 Å². The lowest BCUT2D eigenvalue weighted by molar-refractivity contribution is -0.122. The number of amides is 1. The second-order valence-corrected chi connectivity index (χ2v) is 6.56. The Morgan fingerprint density at radius 3 is 2.71 bits per heavy atom. The van der Waals surface area contributed by atoms with Crippen LogP contribution in [-0.4, -0.2) is 22.7 Å². The zero-order valence-electron chi connectivity index (χ0n) is 12.2. The Kier molecular flexibility index (Phi) is 4.04. The molecule has 114 valence electrons. The van der Waals surface area contributed by atoms with Gasteiger partial charge in [0.1, 0.15) is 0 Å². The minimum absolute atomic E-state index is 0.110. The molecule has 0 heterocycles. The Hall–Kier alpha value is -1.71. The summed E-state index contributed by atoms with van der Waals surface area (Å²) in [6.45, 7) is 0.573. The van der Waals surface area contributed by atoms with E-state index < -0.39 is 0 Å². The van der Waals surface area contributed by atoms with Crippen LogP contribution in [0.1, 0.15) is 37.7 Å². The molecule has 0 saturated heterocycles. The number of carbonyl (C=O) groups excluding carboxylic acids is 1. The van der Waals surface area contributed by atoms with Crippen molar-refractivity contribution < 1.29 is 15.0 Å². The molecule has 3 rings (SSSR count). The molecule has 21 heavy (non-hydrogen) atoms. The molecular formula is C17H23NO3. The fourth-order valence-electron chi connectivity index (χ4n) is 4.01. The first-order valence-electron chi connectivity index (χ1n) is 7.89. The summed E-state index contributed by atoms with van der Waals surface area (Å²) < 4.78 is 0. The van der Waals surface area contributed by atoms with E-state index in [0.717, 1.165) is 17.4 Å². The van der Waals surface area contributed by atoms with Gasteiger partial charge in [-0.1, -0.05) is 12.5 Å². The van der Waals surface area contributed by atoms with Gasteiger partial charge in [0.2, 0.25) is 5.91 Å². The van der Waals surface area contributed by atoms with Crippen molar-refractivity contribution in [2.24, 2.45) is 17.8 Å². The average Bonchev–Trinajstić information content (AvgIpc) is 3.05. The molecule has 4 heteroatoms. The number of carbonyl (C=O) groups is 1. The largest absolute Gasteiger partial charge is 0.504 e. The van der Waals surface area contributed by atoms with Crippen molar-refractivity contribution in [2.45, 2.75) is 38.5 Å². The fourth-order valence-corrected chi connectivity index (χ4v) is 4.01. The number of phenolic OH excluding ortho intramolecular Hbond substituents is 2. The highest BCUT2D eigenvalue weighted by Gasteiger charge is 2.39. The molecule has 3 atom stereocenters. The molecule has 3 N–H and O–H groups in total.